The molecule has 0 aliphatic heterocycles. The van der Waals surface area contributed by atoms with Gasteiger partial charge in [0.15, 0.2) is 11.5 Å². The predicted octanol–water partition coefficient (Wildman–Crippen LogP) is 4.04. The van der Waals surface area contributed by atoms with Crippen LogP contribution in [0.25, 0.3) is 22.8 Å². The molecule has 0 N–H and O–H groups in total. The van der Waals surface area contributed by atoms with Gasteiger partial charge in [-0.3, -0.25) is 9.36 Å². The minimum atomic E-state index is -0.842. The highest BCUT2D eigenvalue weighted by atomic mass is 19.1. The van der Waals surface area contributed by atoms with E-state index in [4.69, 9.17) is 0 Å². The summed E-state index contributed by atoms with van der Waals surface area (Å²) in [6, 6.07) is 6.19. The summed E-state index contributed by atoms with van der Waals surface area (Å²) in [4.78, 5) is 20.6. The van der Waals surface area contributed by atoms with E-state index < -0.39 is 22.9 Å². The lowest BCUT2D eigenvalue weighted by Crippen LogP contribution is -2.21. The number of nitrogens with zero attached hydrogens (tertiary/aromatic N) is 3. The van der Waals surface area contributed by atoms with Crippen LogP contribution in [0.2, 0.25) is 0 Å². The minimum Gasteiger partial charge on any atom is -0.269 e. The van der Waals surface area contributed by atoms with Crippen LogP contribution in [0.4, 0.5) is 8.78 Å². The highest BCUT2D eigenvalue weighted by Crippen LogP contribution is 2.21. The van der Waals surface area contributed by atoms with Gasteiger partial charge in [0.05, 0.1) is 5.69 Å². The first-order valence-electron chi connectivity index (χ1n) is 7.50. The number of pyridine rings is 1. The van der Waals surface area contributed by atoms with Crippen LogP contribution in [-0.2, 0) is 0 Å². The maximum atomic E-state index is 14.1. The smallest absolute Gasteiger partial charge is 0.256 e. The van der Waals surface area contributed by atoms with Gasteiger partial charge in [0.2, 0.25) is 0 Å². The zero-order chi connectivity index (χ0) is 17.9. The van der Waals surface area contributed by atoms with Crippen molar-refractivity contribution in [2.75, 3.05) is 0 Å². The largest absolute Gasteiger partial charge is 0.269 e. The van der Waals surface area contributed by atoms with E-state index in [1.807, 2.05) is 13.8 Å². The fourth-order valence-electron chi connectivity index (χ4n) is 2.30. The summed E-state index contributed by atoms with van der Waals surface area (Å²) in [5.74, 6) is -1.40. The second kappa shape index (κ2) is 7.12. The molecule has 0 amide bonds. The van der Waals surface area contributed by atoms with E-state index in [1.54, 1.807) is 6.92 Å². The molecule has 0 atom stereocenters. The van der Waals surface area contributed by atoms with Crippen LogP contribution >= 0.6 is 0 Å². The number of hydrogen-bond acceptors (Lipinski definition) is 3. The lowest BCUT2D eigenvalue weighted by molar-refractivity contribution is 0.568. The Hall–Kier alpha value is -2.89. The molecule has 2 heterocycles. The van der Waals surface area contributed by atoms with Crippen molar-refractivity contribution in [2.24, 2.45) is 0 Å². The molecule has 24 heavy (non-hydrogen) atoms. The average Bonchev–Trinajstić information content (AvgIpc) is 2.58. The van der Waals surface area contributed by atoms with Crippen molar-refractivity contribution >= 4 is 17.1 Å². The molecule has 4 nitrogen and oxygen atoms in total. The Balaban J connectivity index is 0.00000100. The molecule has 0 radical (unpaired) electrons. The van der Waals surface area contributed by atoms with Gasteiger partial charge in [0.25, 0.3) is 5.56 Å². The predicted molar refractivity (Wildman–Crippen MR) is 91.2 cm³/mol. The summed E-state index contributed by atoms with van der Waals surface area (Å²) in [5.41, 5.74) is -0.305. The van der Waals surface area contributed by atoms with Crippen LogP contribution < -0.4 is 5.56 Å². The molecule has 3 rings (SSSR count). The summed E-state index contributed by atoms with van der Waals surface area (Å²) in [7, 11) is 0. The maximum Gasteiger partial charge on any atom is 0.256 e. The zero-order valence-electron chi connectivity index (χ0n) is 13.7. The van der Waals surface area contributed by atoms with Gasteiger partial charge >= 0.3 is 0 Å². The molecule has 6 heteroatoms. The van der Waals surface area contributed by atoms with Crippen molar-refractivity contribution in [3.05, 3.63) is 70.4 Å². The number of aryl methyl sites for hydroxylation is 1. The lowest BCUT2D eigenvalue weighted by atomic mass is 10.2. The minimum absolute atomic E-state index is 0.138. The Morgan fingerprint density at radius 3 is 2.29 bits per heavy atom. The topological polar surface area (TPSA) is 47.8 Å². The van der Waals surface area contributed by atoms with Crippen LogP contribution in [0, 0.1) is 18.6 Å². The highest BCUT2D eigenvalue weighted by Gasteiger charge is 2.17. The number of fused-ring (bicyclic) bond motifs is 1. The number of para-hydroxylation sites is 1. The Labute approximate surface area is 138 Å². The SMILES string of the molecule is C=Cc1nc(C)c2ccc(=O)n(-c3c(F)cccc3F)c2n1.CC. The van der Waals surface area contributed by atoms with Gasteiger partial charge in [-0.25, -0.2) is 18.7 Å². The molecule has 0 aliphatic rings. The van der Waals surface area contributed by atoms with Crippen molar-refractivity contribution in [1.82, 2.24) is 14.5 Å². The van der Waals surface area contributed by atoms with Gasteiger partial charge in [0.1, 0.15) is 17.3 Å². The lowest BCUT2D eigenvalue weighted by Gasteiger charge is -2.12. The molecule has 2 aromatic heterocycles. The molecular weight excluding hydrogens is 312 g/mol. The zero-order valence-corrected chi connectivity index (χ0v) is 13.7. The summed E-state index contributed by atoms with van der Waals surface area (Å²) >= 11 is 0. The summed E-state index contributed by atoms with van der Waals surface area (Å²) < 4.78 is 29.0. The first kappa shape index (κ1) is 17.5. The quantitative estimate of drug-likeness (QED) is 0.713. The molecule has 0 saturated heterocycles. The van der Waals surface area contributed by atoms with Gasteiger partial charge in [-0.2, -0.15) is 0 Å². The van der Waals surface area contributed by atoms with E-state index in [9.17, 15) is 13.6 Å². The van der Waals surface area contributed by atoms with Crippen LogP contribution in [0.5, 0.6) is 0 Å². The van der Waals surface area contributed by atoms with Gasteiger partial charge in [-0.15, -0.1) is 0 Å². The number of benzene rings is 1. The van der Waals surface area contributed by atoms with Crippen molar-refractivity contribution in [2.45, 2.75) is 20.8 Å². The van der Waals surface area contributed by atoms with E-state index in [-0.39, 0.29) is 11.5 Å². The van der Waals surface area contributed by atoms with E-state index >= 15 is 0 Å². The van der Waals surface area contributed by atoms with E-state index in [1.165, 1.54) is 24.3 Å². The molecule has 3 aromatic rings. The molecule has 0 fully saturated rings. The molecule has 0 aliphatic carbocycles. The average molecular weight is 329 g/mol. The monoisotopic (exact) mass is 329 g/mol. The third-order valence-electron chi connectivity index (χ3n) is 3.30. The number of rotatable bonds is 2. The summed E-state index contributed by atoms with van der Waals surface area (Å²) in [6.45, 7) is 9.30. The number of hydrogen-bond donors (Lipinski definition) is 0. The van der Waals surface area contributed by atoms with Crippen molar-refractivity contribution < 1.29 is 8.78 Å². The van der Waals surface area contributed by atoms with E-state index in [2.05, 4.69) is 16.5 Å². The van der Waals surface area contributed by atoms with Crippen molar-refractivity contribution in [3.8, 4) is 5.69 Å². The second-order valence-electron chi connectivity index (χ2n) is 4.69. The van der Waals surface area contributed by atoms with Gasteiger partial charge < -0.3 is 0 Å². The molecular formula is C18H17F2N3O. The third-order valence-corrected chi connectivity index (χ3v) is 3.30. The van der Waals surface area contributed by atoms with Crippen LogP contribution in [0.15, 0.2) is 41.7 Å². The Kier molecular flexibility index (Phi) is 5.18. The summed E-state index contributed by atoms with van der Waals surface area (Å²) in [5, 5.41) is 0.535. The van der Waals surface area contributed by atoms with Crippen molar-refractivity contribution in [1.29, 1.82) is 0 Å². The molecule has 0 bridgehead atoms. The normalized spacial score (nSPS) is 10.2. The molecule has 0 spiro atoms. The second-order valence-corrected chi connectivity index (χ2v) is 4.69. The number of aromatic nitrogens is 3. The fourth-order valence-corrected chi connectivity index (χ4v) is 2.30. The number of halogens is 2. The first-order valence-corrected chi connectivity index (χ1v) is 7.50. The third kappa shape index (κ3) is 2.95. The van der Waals surface area contributed by atoms with Gasteiger partial charge in [-0.05, 0) is 31.2 Å². The summed E-state index contributed by atoms with van der Waals surface area (Å²) in [6.07, 6.45) is 1.41. The van der Waals surface area contributed by atoms with Gasteiger partial charge in [0, 0.05) is 11.5 Å². The maximum absolute atomic E-state index is 14.1. The van der Waals surface area contributed by atoms with Gasteiger partial charge in [-0.1, -0.05) is 26.5 Å². The molecule has 1 aromatic carbocycles. The highest BCUT2D eigenvalue weighted by molar-refractivity contribution is 5.79. The fraction of sp³-hybridized carbons (Fsp3) is 0.167. The van der Waals surface area contributed by atoms with E-state index in [0.29, 0.717) is 11.1 Å². The van der Waals surface area contributed by atoms with E-state index in [0.717, 1.165) is 16.7 Å². The Morgan fingerprint density at radius 2 is 1.71 bits per heavy atom. The molecule has 0 unspecified atom stereocenters. The van der Waals surface area contributed by atoms with Crippen molar-refractivity contribution in [3.63, 3.8) is 0 Å². The Morgan fingerprint density at radius 1 is 1.08 bits per heavy atom. The molecule has 0 saturated carbocycles. The van der Waals surface area contributed by atoms with Crippen LogP contribution in [0.1, 0.15) is 25.4 Å². The Bertz CT molecular complexity index is 944. The van der Waals surface area contributed by atoms with Crippen LogP contribution in [0.3, 0.4) is 0 Å². The molecule has 124 valence electrons. The van der Waals surface area contributed by atoms with Crippen LogP contribution in [-0.4, -0.2) is 14.5 Å². The first-order chi connectivity index (χ1) is 11.5. The standard InChI is InChI=1S/C16H11F2N3O.C2H6/c1-3-13-19-9(2)10-7-8-14(22)21(16(10)20-13)15-11(17)5-4-6-12(15)18;1-2/h3-8H,1H2,2H3;1-2H3.